The molecule has 132 valence electrons. The van der Waals surface area contributed by atoms with Crippen molar-refractivity contribution in [2.75, 3.05) is 0 Å². The molecule has 4 aliphatic rings. The molecule has 4 aliphatic carbocycles. The summed E-state index contributed by atoms with van der Waals surface area (Å²) in [6.07, 6.45) is 17.1. The Labute approximate surface area is 148 Å². The highest BCUT2D eigenvalue weighted by Gasteiger charge is 2.57. The molecule has 4 rings (SSSR count). The molecular formula is C23H34O. The molecule has 0 aliphatic heterocycles. The van der Waals surface area contributed by atoms with Crippen molar-refractivity contribution in [2.24, 2.45) is 28.6 Å². The van der Waals surface area contributed by atoms with Gasteiger partial charge in [-0.25, -0.2) is 0 Å². The predicted octanol–water partition coefficient (Wildman–Crippen LogP) is 6.24. The molecule has 0 aromatic rings. The summed E-state index contributed by atoms with van der Waals surface area (Å²) in [5, 5.41) is 0. The first-order chi connectivity index (χ1) is 11.5. The van der Waals surface area contributed by atoms with E-state index in [0.717, 1.165) is 30.6 Å². The molecule has 0 aromatic carbocycles. The minimum Gasteiger partial charge on any atom is -0.295 e. The van der Waals surface area contributed by atoms with Crippen molar-refractivity contribution < 1.29 is 4.79 Å². The van der Waals surface area contributed by atoms with Gasteiger partial charge in [-0.2, -0.15) is 0 Å². The summed E-state index contributed by atoms with van der Waals surface area (Å²) in [6, 6.07) is 0. The number of fused-ring (bicyclic) bond motifs is 5. The Morgan fingerprint density at radius 2 is 1.83 bits per heavy atom. The zero-order valence-corrected chi connectivity index (χ0v) is 15.9. The van der Waals surface area contributed by atoms with Crippen LogP contribution in [0.5, 0.6) is 0 Å². The van der Waals surface area contributed by atoms with Gasteiger partial charge in [-0.3, -0.25) is 4.79 Å². The monoisotopic (exact) mass is 326 g/mol. The molecule has 0 saturated heterocycles. The van der Waals surface area contributed by atoms with Crippen LogP contribution in [0, 0.1) is 28.6 Å². The lowest BCUT2D eigenvalue weighted by Crippen LogP contribution is -2.49. The molecule has 0 amide bonds. The van der Waals surface area contributed by atoms with Gasteiger partial charge in [0.15, 0.2) is 5.78 Å². The molecule has 0 N–H and O–H groups in total. The van der Waals surface area contributed by atoms with Gasteiger partial charge in [0, 0.05) is 6.42 Å². The molecule has 0 heterocycles. The Balaban J connectivity index is 1.63. The third-order valence-corrected chi connectivity index (χ3v) is 8.49. The molecule has 1 nitrogen and oxygen atoms in total. The fraction of sp³-hybridized carbons (Fsp3) is 0.783. The SMILES string of the molecule is CCCC=C1CCC2C3CCC4=CC(=O)CC[C@]4(C)C3CC[C@]12C. The minimum atomic E-state index is 0.327. The molecule has 0 spiro atoms. The molecule has 24 heavy (non-hydrogen) atoms. The maximum Gasteiger partial charge on any atom is 0.155 e. The van der Waals surface area contributed by atoms with Crippen LogP contribution in [-0.2, 0) is 4.79 Å². The highest BCUT2D eigenvalue weighted by Crippen LogP contribution is 2.66. The Hall–Kier alpha value is -0.850. The van der Waals surface area contributed by atoms with E-state index in [1.165, 1.54) is 56.9 Å². The van der Waals surface area contributed by atoms with E-state index in [-0.39, 0.29) is 0 Å². The number of unbranched alkanes of at least 4 members (excludes halogenated alkanes) is 1. The highest BCUT2D eigenvalue weighted by atomic mass is 16.1. The minimum absolute atomic E-state index is 0.327. The van der Waals surface area contributed by atoms with Gasteiger partial charge in [-0.05, 0) is 86.0 Å². The second-order valence-corrected chi connectivity index (χ2v) is 9.48. The van der Waals surface area contributed by atoms with E-state index < -0.39 is 0 Å². The second kappa shape index (κ2) is 5.85. The lowest BCUT2D eigenvalue weighted by molar-refractivity contribution is -0.117. The molecular weight excluding hydrogens is 292 g/mol. The van der Waals surface area contributed by atoms with E-state index in [1.54, 1.807) is 5.57 Å². The summed E-state index contributed by atoms with van der Waals surface area (Å²) in [5.41, 5.74) is 4.10. The summed E-state index contributed by atoms with van der Waals surface area (Å²) < 4.78 is 0. The van der Waals surface area contributed by atoms with Crippen LogP contribution in [0.15, 0.2) is 23.3 Å². The van der Waals surface area contributed by atoms with Gasteiger partial charge in [0.2, 0.25) is 0 Å². The summed E-state index contributed by atoms with van der Waals surface area (Å²) in [5.74, 6) is 3.00. The fourth-order valence-corrected chi connectivity index (χ4v) is 7.06. The van der Waals surface area contributed by atoms with Gasteiger partial charge in [-0.15, -0.1) is 0 Å². The van der Waals surface area contributed by atoms with Crippen LogP contribution in [0.4, 0.5) is 0 Å². The van der Waals surface area contributed by atoms with E-state index in [2.05, 4.69) is 26.8 Å². The zero-order chi connectivity index (χ0) is 16.9. The molecule has 3 unspecified atom stereocenters. The van der Waals surface area contributed by atoms with Gasteiger partial charge in [0.1, 0.15) is 0 Å². The predicted molar refractivity (Wildman–Crippen MR) is 99.7 cm³/mol. The number of rotatable bonds is 2. The molecule has 0 aromatic heterocycles. The first-order valence-electron chi connectivity index (χ1n) is 10.4. The van der Waals surface area contributed by atoms with Crippen LogP contribution in [0.2, 0.25) is 0 Å². The Morgan fingerprint density at radius 3 is 2.62 bits per heavy atom. The number of carbonyl (C=O) groups is 1. The van der Waals surface area contributed by atoms with E-state index in [4.69, 9.17) is 0 Å². The second-order valence-electron chi connectivity index (χ2n) is 9.48. The number of ketones is 1. The van der Waals surface area contributed by atoms with Crippen LogP contribution in [0.3, 0.4) is 0 Å². The standard InChI is InChI=1S/C23H34O/c1-4-5-6-16-8-10-20-19-9-7-17-15-18(24)11-13-23(17,3)21(19)12-14-22(16,20)2/h6,15,19-21H,4-5,7-14H2,1-3H3/t19?,20?,21?,22-,23+/m1/s1. The van der Waals surface area contributed by atoms with Gasteiger partial charge >= 0.3 is 0 Å². The first-order valence-corrected chi connectivity index (χ1v) is 10.4. The van der Waals surface area contributed by atoms with Crippen LogP contribution in [0.25, 0.3) is 0 Å². The smallest absolute Gasteiger partial charge is 0.155 e. The fourth-order valence-electron chi connectivity index (χ4n) is 7.06. The molecule has 3 saturated carbocycles. The third-order valence-electron chi connectivity index (χ3n) is 8.49. The Kier molecular flexibility index (Phi) is 4.05. The van der Waals surface area contributed by atoms with Gasteiger partial charge < -0.3 is 0 Å². The first kappa shape index (κ1) is 16.6. The van der Waals surface area contributed by atoms with Gasteiger partial charge in [-0.1, -0.05) is 44.4 Å². The summed E-state index contributed by atoms with van der Waals surface area (Å²) in [6.45, 7) is 7.37. The van der Waals surface area contributed by atoms with Crippen molar-refractivity contribution in [2.45, 2.75) is 85.0 Å². The van der Waals surface area contributed by atoms with Crippen molar-refractivity contribution in [3.8, 4) is 0 Å². The van der Waals surface area contributed by atoms with E-state index >= 15 is 0 Å². The molecule has 0 radical (unpaired) electrons. The van der Waals surface area contributed by atoms with Crippen LogP contribution in [-0.4, -0.2) is 5.78 Å². The molecule has 5 atom stereocenters. The van der Waals surface area contributed by atoms with Crippen molar-refractivity contribution in [1.82, 2.24) is 0 Å². The Morgan fingerprint density at radius 1 is 1.04 bits per heavy atom. The number of hydrogen-bond acceptors (Lipinski definition) is 1. The maximum atomic E-state index is 11.9. The van der Waals surface area contributed by atoms with Crippen molar-refractivity contribution in [3.63, 3.8) is 0 Å². The average Bonchev–Trinajstić information content (AvgIpc) is 2.90. The van der Waals surface area contributed by atoms with Crippen LogP contribution in [0.1, 0.15) is 85.0 Å². The third kappa shape index (κ3) is 2.30. The Bertz CT molecular complexity index is 597. The molecule has 0 bridgehead atoms. The van der Waals surface area contributed by atoms with Crippen molar-refractivity contribution in [1.29, 1.82) is 0 Å². The summed E-state index contributed by atoms with van der Waals surface area (Å²) in [7, 11) is 0. The highest BCUT2D eigenvalue weighted by molar-refractivity contribution is 5.91. The summed E-state index contributed by atoms with van der Waals surface area (Å²) >= 11 is 0. The van der Waals surface area contributed by atoms with Crippen LogP contribution >= 0.6 is 0 Å². The number of allylic oxidation sites excluding steroid dienone is 3. The number of hydrogen-bond donors (Lipinski definition) is 0. The topological polar surface area (TPSA) is 17.1 Å². The van der Waals surface area contributed by atoms with Crippen molar-refractivity contribution in [3.05, 3.63) is 23.3 Å². The van der Waals surface area contributed by atoms with E-state index in [1.807, 2.05) is 6.08 Å². The van der Waals surface area contributed by atoms with E-state index in [0.29, 0.717) is 16.6 Å². The lowest BCUT2D eigenvalue weighted by atomic mass is 9.47. The molecule has 1 heteroatoms. The van der Waals surface area contributed by atoms with Gasteiger partial charge in [0.05, 0.1) is 0 Å². The van der Waals surface area contributed by atoms with Gasteiger partial charge in [0.25, 0.3) is 0 Å². The lowest BCUT2D eigenvalue weighted by Gasteiger charge is -2.57. The average molecular weight is 327 g/mol. The zero-order valence-electron chi connectivity index (χ0n) is 15.9. The van der Waals surface area contributed by atoms with Crippen LogP contribution < -0.4 is 0 Å². The largest absolute Gasteiger partial charge is 0.295 e. The quantitative estimate of drug-likeness (QED) is 0.548. The molecule has 3 fully saturated rings. The normalized spacial score (nSPS) is 46.3. The van der Waals surface area contributed by atoms with E-state index in [9.17, 15) is 4.79 Å². The summed E-state index contributed by atoms with van der Waals surface area (Å²) in [4.78, 5) is 11.9. The maximum absolute atomic E-state index is 11.9. The number of carbonyl (C=O) groups excluding carboxylic acids is 1. The van der Waals surface area contributed by atoms with Crippen molar-refractivity contribution >= 4 is 5.78 Å².